The van der Waals surface area contributed by atoms with Gasteiger partial charge in [0, 0.05) is 0 Å². The second-order valence-corrected chi connectivity index (χ2v) is 3.41. The van der Waals surface area contributed by atoms with Crippen molar-refractivity contribution in [2.45, 2.75) is 27.7 Å². The molecule has 1 nitrogen and oxygen atoms in total. The lowest BCUT2D eigenvalue weighted by molar-refractivity contribution is 0.338. The predicted octanol–water partition coefficient (Wildman–Crippen LogP) is 3.36. The maximum absolute atomic E-state index is 5.46. The van der Waals surface area contributed by atoms with Gasteiger partial charge in [0.25, 0.3) is 0 Å². The van der Waals surface area contributed by atoms with Gasteiger partial charge in [-0.15, -0.1) is 0 Å². The second kappa shape index (κ2) is 4.31. The van der Waals surface area contributed by atoms with Crippen LogP contribution in [0.4, 0.5) is 0 Å². The van der Waals surface area contributed by atoms with Crippen molar-refractivity contribution in [1.82, 2.24) is 0 Å². The third-order valence-corrected chi connectivity index (χ3v) is 2.05. The maximum atomic E-state index is 5.46. The summed E-state index contributed by atoms with van der Waals surface area (Å²) in [6, 6.07) is 6.31. The zero-order valence-corrected chi connectivity index (χ0v) is 8.85. The van der Waals surface area contributed by atoms with E-state index in [1.165, 1.54) is 17.0 Å². The zero-order valence-electron chi connectivity index (χ0n) is 8.85. The maximum Gasteiger partial charge on any atom is 0.122 e. The molecule has 0 aliphatic rings. The Morgan fingerprint density at radius 2 is 2.00 bits per heavy atom. The van der Waals surface area contributed by atoms with E-state index in [0.29, 0.717) is 0 Å². The van der Waals surface area contributed by atoms with Crippen LogP contribution in [0.15, 0.2) is 18.2 Å². The van der Waals surface area contributed by atoms with Gasteiger partial charge in [-0.25, -0.2) is 0 Å². The van der Waals surface area contributed by atoms with Crippen molar-refractivity contribution >= 4 is 0 Å². The molecule has 1 aromatic rings. The Kier molecular flexibility index (Phi) is 3.35. The summed E-state index contributed by atoms with van der Waals surface area (Å²) in [5.74, 6) is 2.33. The number of benzene rings is 1. The van der Waals surface area contributed by atoms with Gasteiger partial charge >= 0.3 is 0 Å². The molecular weight excluding hydrogens is 160 g/mol. The van der Waals surface area contributed by atoms with Crippen molar-refractivity contribution in [2.75, 3.05) is 6.61 Å². The molecule has 0 aliphatic carbocycles. The van der Waals surface area contributed by atoms with E-state index in [9.17, 15) is 0 Å². The Labute approximate surface area is 80.7 Å². The summed E-state index contributed by atoms with van der Waals surface area (Å²) in [6.07, 6.45) is 0. The molecule has 0 heterocycles. The minimum absolute atomic E-state index is 0.731. The van der Waals surface area contributed by atoms with Crippen molar-refractivity contribution in [2.24, 2.45) is 0 Å². The van der Waals surface area contributed by atoms with Crippen LogP contribution < -0.4 is 4.74 Å². The fraction of sp³-hybridized carbons (Fsp3) is 0.417. The van der Waals surface area contributed by atoms with Crippen LogP contribution in [0.1, 0.15) is 31.9 Å². The summed E-state index contributed by atoms with van der Waals surface area (Å²) < 4.78 is 5.46. The van der Waals surface area contributed by atoms with Crippen LogP contribution in [-0.4, -0.2) is 6.61 Å². The van der Waals surface area contributed by atoms with E-state index in [-0.39, 0.29) is 0 Å². The molecule has 0 fully saturated rings. The standard InChI is InChI=1S/C12H17O/c1-5-13-12-7-6-11(9(2)3)8-10(12)4/h6-8H,5H2,1-4H3. The summed E-state index contributed by atoms with van der Waals surface area (Å²) in [6.45, 7) is 9.06. The molecule has 1 rings (SSSR count). The molecule has 1 aromatic carbocycles. The van der Waals surface area contributed by atoms with Gasteiger partial charge in [0.15, 0.2) is 0 Å². The van der Waals surface area contributed by atoms with Crippen LogP contribution in [0.2, 0.25) is 0 Å². The minimum Gasteiger partial charge on any atom is -0.494 e. The van der Waals surface area contributed by atoms with Crippen LogP contribution >= 0.6 is 0 Å². The summed E-state index contributed by atoms with van der Waals surface area (Å²) >= 11 is 0. The van der Waals surface area contributed by atoms with Crippen LogP contribution in [-0.2, 0) is 0 Å². The Morgan fingerprint density at radius 3 is 2.46 bits per heavy atom. The Balaban J connectivity index is 2.92. The fourth-order valence-corrected chi connectivity index (χ4v) is 1.28. The van der Waals surface area contributed by atoms with Crippen LogP contribution in [0.25, 0.3) is 0 Å². The predicted molar refractivity (Wildman–Crippen MR) is 56.0 cm³/mol. The van der Waals surface area contributed by atoms with E-state index in [0.717, 1.165) is 12.4 Å². The van der Waals surface area contributed by atoms with Crippen LogP contribution in [0, 0.1) is 12.8 Å². The lowest BCUT2D eigenvalue weighted by Gasteiger charge is -2.10. The average molecular weight is 177 g/mol. The van der Waals surface area contributed by atoms with Gasteiger partial charge in [-0.05, 0) is 37.0 Å². The largest absolute Gasteiger partial charge is 0.494 e. The number of hydrogen-bond acceptors (Lipinski definition) is 1. The molecule has 1 radical (unpaired) electrons. The van der Waals surface area contributed by atoms with Gasteiger partial charge in [-0.3, -0.25) is 0 Å². The van der Waals surface area contributed by atoms with Gasteiger partial charge < -0.3 is 4.74 Å². The van der Waals surface area contributed by atoms with Gasteiger partial charge in [0.1, 0.15) is 5.75 Å². The number of hydrogen-bond donors (Lipinski definition) is 0. The lowest BCUT2D eigenvalue weighted by atomic mass is 10.0. The highest BCUT2D eigenvalue weighted by atomic mass is 16.5. The normalized spacial score (nSPS) is 10.5. The summed E-state index contributed by atoms with van der Waals surface area (Å²) in [4.78, 5) is 0. The van der Waals surface area contributed by atoms with Crippen molar-refractivity contribution < 1.29 is 4.74 Å². The molecule has 13 heavy (non-hydrogen) atoms. The molecule has 0 aromatic heterocycles. The molecular formula is C12H17O. The molecule has 1 heteroatoms. The Morgan fingerprint density at radius 1 is 1.31 bits per heavy atom. The molecule has 0 spiro atoms. The molecule has 0 amide bonds. The van der Waals surface area contributed by atoms with E-state index in [4.69, 9.17) is 4.74 Å². The van der Waals surface area contributed by atoms with E-state index in [2.05, 4.69) is 32.9 Å². The first-order valence-corrected chi connectivity index (χ1v) is 4.69. The molecule has 0 N–H and O–H groups in total. The molecule has 0 saturated carbocycles. The lowest BCUT2D eigenvalue weighted by Crippen LogP contribution is -1.96. The average Bonchev–Trinajstić information content (AvgIpc) is 2.08. The topological polar surface area (TPSA) is 9.23 Å². The highest BCUT2D eigenvalue weighted by Crippen LogP contribution is 2.22. The van der Waals surface area contributed by atoms with Crippen molar-refractivity contribution in [3.05, 3.63) is 35.2 Å². The molecule has 0 bridgehead atoms. The van der Waals surface area contributed by atoms with Gasteiger partial charge in [0.05, 0.1) is 6.61 Å². The summed E-state index contributed by atoms with van der Waals surface area (Å²) in [7, 11) is 0. The number of ether oxygens (including phenoxy) is 1. The Hall–Kier alpha value is -0.980. The molecule has 0 unspecified atom stereocenters. The third kappa shape index (κ3) is 2.48. The molecule has 0 atom stereocenters. The van der Waals surface area contributed by atoms with Crippen molar-refractivity contribution in [3.63, 3.8) is 0 Å². The molecule has 0 saturated heterocycles. The third-order valence-electron chi connectivity index (χ3n) is 2.05. The van der Waals surface area contributed by atoms with E-state index in [1.54, 1.807) is 0 Å². The van der Waals surface area contributed by atoms with Crippen molar-refractivity contribution in [1.29, 1.82) is 0 Å². The highest BCUT2D eigenvalue weighted by molar-refractivity contribution is 5.40. The zero-order chi connectivity index (χ0) is 9.84. The minimum atomic E-state index is 0.731. The van der Waals surface area contributed by atoms with E-state index < -0.39 is 0 Å². The molecule has 0 aliphatic heterocycles. The van der Waals surface area contributed by atoms with Crippen LogP contribution in [0.3, 0.4) is 0 Å². The highest BCUT2D eigenvalue weighted by Gasteiger charge is 2.03. The second-order valence-electron chi connectivity index (χ2n) is 3.41. The first kappa shape index (κ1) is 10.1. The first-order valence-electron chi connectivity index (χ1n) is 4.69. The monoisotopic (exact) mass is 177 g/mol. The summed E-state index contributed by atoms with van der Waals surface area (Å²) in [5.41, 5.74) is 2.50. The van der Waals surface area contributed by atoms with Gasteiger partial charge in [0.2, 0.25) is 0 Å². The van der Waals surface area contributed by atoms with Crippen LogP contribution in [0.5, 0.6) is 5.75 Å². The fourth-order valence-electron chi connectivity index (χ4n) is 1.28. The first-order chi connectivity index (χ1) is 6.15. The summed E-state index contributed by atoms with van der Waals surface area (Å²) in [5, 5.41) is 0. The Bertz CT molecular complexity index is 276. The molecule has 71 valence electrons. The number of rotatable bonds is 3. The van der Waals surface area contributed by atoms with E-state index in [1.807, 2.05) is 13.0 Å². The van der Waals surface area contributed by atoms with Crippen molar-refractivity contribution in [3.8, 4) is 5.75 Å². The number of aryl methyl sites for hydroxylation is 1. The smallest absolute Gasteiger partial charge is 0.122 e. The SMILES string of the molecule is CCOc1ccc([C](C)C)cc1C. The quantitative estimate of drug-likeness (QED) is 0.688. The van der Waals surface area contributed by atoms with Gasteiger partial charge in [-0.2, -0.15) is 0 Å². The van der Waals surface area contributed by atoms with E-state index >= 15 is 0 Å². The van der Waals surface area contributed by atoms with Gasteiger partial charge in [-0.1, -0.05) is 26.0 Å².